The number of aryl methyl sites for hydroxylation is 1. The highest BCUT2D eigenvalue weighted by Gasteiger charge is 2.58. The molecule has 3 N–H and O–H groups in total. The topological polar surface area (TPSA) is 64.1 Å². The van der Waals surface area contributed by atoms with Crippen LogP contribution in [-0.2, 0) is 5.60 Å². The van der Waals surface area contributed by atoms with Gasteiger partial charge < -0.3 is 10.8 Å². The van der Waals surface area contributed by atoms with Crippen LogP contribution in [-0.4, -0.2) is 21.1 Å². The molecule has 7 heteroatoms. The first-order valence-corrected chi connectivity index (χ1v) is 7.52. The summed E-state index contributed by atoms with van der Waals surface area (Å²) in [5, 5.41) is 14.9. The molecule has 0 radical (unpaired) electrons. The molecule has 0 spiro atoms. The van der Waals surface area contributed by atoms with Gasteiger partial charge in [0.2, 0.25) is 5.60 Å². The quantitative estimate of drug-likeness (QED) is 0.761. The van der Waals surface area contributed by atoms with Crippen molar-refractivity contribution in [2.75, 3.05) is 5.73 Å². The number of aliphatic hydroxyl groups is 1. The minimum absolute atomic E-state index is 0.00466. The van der Waals surface area contributed by atoms with Crippen LogP contribution in [0.15, 0.2) is 60.7 Å². The average Bonchev–Trinajstić information content (AvgIpc) is 2.89. The number of nitrogens with zero attached hydrogens (tertiary/aromatic N) is 2. The normalized spacial score (nSPS) is 14.3. The predicted molar refractivity (Wildman–Crippen MR) is 88.2 cm³/mol. The summed E-state index contributed by atoms with van der Waals surface area (Å²) in [6.07, 6.45) is -4.97. The van der Waals surface area contributed by atoms with Gasteiger partial charge in [0.05, 0.1) is 16.9 Å². The Bertz CT molecular complexity index is 876. The molecule has 0 aliphatic rings. The van der Waals surface area contributed by atoms with E-state index in [0.717, 1.165) is 0 Å². The van der Waals surface area contributed by atoms with Gasteiger partial charge in [0.25, 0.3) is 0 Å². The lowest BCUT2D eigenvalue weighted by molar-refractivity contribution is -0.248. The van der Waals surface area contributed by atoms with E-state index in [4.69, 9.17) is 5.73 Å². The first kappa shape index (κ1) is 17.0. The van der Waals surface area contributed by atoms with Crippen molar-refractivity contribution in [1.29, 1.82) is 0 Å². The fraction of sp³-hybridized carbons (Fsp3) is 0.167. The second-order valence-corrected chi connectivity index (χ2v) is 5.67. The molecule has 1 heterocycles. The Hall–Kier alpha value is -2.80. The molecule has 0 bridgehead atoms. The van der Waals surface area contributed by atoms with E-state index in [0.29, 0.717) is 5.69 Å². The molecular formula is C18H16F3N3O. The first-order valence-electron chi connectivity index (χ1n) is 7.52. The van der Waals surface area contributed by atoms with Gasteiger partial charge in [0, 0.05) is 0 Å². The van der Waals surface area contributed by atoms with E-state index in [2.05, 4.69) is 5.10 Å². The number of halogens is 3. The second kappa shape index (κ2) is 5.93. The number of hydrogen-bond donors (Lipinski definition) is 2. The van der Waals surface area contributed by atoms with Crippen LogP contribution in [0.25, 0.3) is 5.69 Å². The van der Waals surface area contributed by atoms with Crippen molar-refractivity contribution in [2.24, 2.45) is 0 Å². The SMILES string of the molecule is Cc1nn(-c2ccccc2)c(N)c1C(O)(c1ccccc1)C(F)(F)F. The Morgan fingerprint density at radius 1 is 0.960 bits per heavy atom. The lowest BCUT2D eigenvalue weighted by Crippen LogP contribution is -2.44. The molecule has 0 aliphatic heterocycles. The molecule has 130 valence electrons. The molecule has 1 aromatic heterocycles. The second-order valence-electron chi connectivity index (χ2n) is 5.67. The summed E-state index contributed by atoms with van der Waals surface area (Å²) >= 11 is 0. The van der Waals surface area contributed by atoms with Gasteiger partial charge in [-0.25, -0.2) is 4.68 Å². The van der Waals surface area contributed by atoms with Crippen LogP contribution in [0.4, 0.5) is 19.0 Å². The Labute approximate surface area is 142 Å². The Morgan fingerprint density at radius 2 is 1.48 bits per heavy atom. The number of benzene rings is 2. The molecule has 0 fully saturated rings. The summed E-state index contributed by atoms with van der Waals surface area (Å²) in [6.45, 7) is 1.39. The van der Waals surface area contributed by atoms with Crippen LogP contribution < -0.4 is 5.73 Å². The van der Waals surface area contributed by atoms with E-state index in [1.807, 2.05) is 0 Å². The summed E-state index contributed by atoms with van der Waals surface area (Å²) in [5.74, 6) is -0.257. The van der Waals surface area contributed by atoms with Crippen molar-refractivity contribution in [2.45, 2.75) is 18.7 Å². The van der Waals surface area contributed by atoms with E-state index in [9.17, 15) is 18.3 Å². The Morgan fingerprint density at radius 3 is 2.00 bits per heavy atom. The summed E-state index contributed by atoms with van der Waals surface area (Å²) in [7, 11) is 0. The molecule has 2 aromatic carbocycles. The third-order valence-electron chi connectivity index (χ3n) is 4.06. The van der Waals surface area contributed by atoms with Crippen LogP contribution in [0.2, 0.25) is 0 Å². The third-order valence-corrected chi connectivity index (χ3v) is 4.06. The van der Waals surface area contributed by atoms with Gasteiger partial charge in [-0.05, 0) is 24.6 Å². The van der Waals surface area contributed by atoms with Crippen LogP contribution in [0.1, 0.15) is 16.8 Å². The van der Waals surface area contributed by atoms with Crippen LogP contribution >= 0.6 is 0 Å². The predicted octanol–water partition coefficient (Wildman–Crippen LogP) is 3.56. The average molecular weight is 347 g/mol. The first-order chi connectivity index (χ1) is 11.8. The van der Waals surface area contributed by atoms with E-state index in [1.54, 1.807) is 36.4 Å². The van der Waals surface area contributed by atoms with Crippen LogP contribution in [0, 0.1) is 6.92 Å². The number of anilines is 1. The van der Waals surface area contributed by atoms with Crippen LogP contribution in [0.3, 0.4) is 0 Å². The minimum Gasteiger partial charge on any atom is -0.383 e. The van der Waals surface area contributed by atoms with E-state index in [-0.39, 0.29) is 17.1 Å². The highest BCUT2D eigenvalue weighted by molar-refractivity contribution is 5.56. The summed E-state index contributed by atoms with van der Waals surface area (Å²) in [5.41, 5.74) is 2.48. The van der Waals surface area contributed by atoms with Gasteiger partial charge in [-0.1, -0.05) is 48.5 Å². The van der Waals surface area contributed by atoms with Crippen molar-refractivity contribution >= 4 is 5.82 Å². The number of para-hydroxylation sites is 1. The molecule has 0 saturated heterocycles. The molecule has 3 aromatic rings. The smallest absolute Gasteiger partial charge is 0.383 e. The lowest BCUT2D eigenvalue weighted by atomic mass is 9.85. The highest BCUT2D eigenvalue weighted by atomic mass is 19.4. The molecule has 0 amide bonds. The Balaban J connectivity index is 2.28. The molecule has 1 atom stereocenters. The van der Waals surface area contributed by atoms with Crippen molar-refractivity contribution in [3.8, 4) is 5.69 Å². The summed E-state index contributed by atoms with van der Waals surface area (Å²) < 4.78 is 42.9. The number of nitrogen functional groups attached to an aromatic ring is 1. The summed E-state index contributed by atoms with van der Waals surface area (Å²) in [6, 6.07) is 15.4. The molecule has 3 rings (SSSR count). The maximum Gasteiger partial charge on any atom is 0.425 e. The number of nitrogens with two attached hydrogens (primary N) is 1. The highest BCUT2D eigenvalue weighted by Crippen LogP contribution is 2.47. The zero-order chi connectivity index (χ0) is 18.2. The fourth-order valence-electron chi connectivity index (χ4n) is 2.89. The van der Waals surface area contributed by atoms with E-state index in [1.165, 1.54) is 35.9 Å². The largest absolute Gasteiger partial charge is 0.425 e. The monoisotopic (exact) mass is 347 g/mol. The van der Waals surface area contributed by atoms with Crippen molar-refractivity contribution in [1.82, 2.24) is 9.78 Å². The number of hydrogen-bond acceptors (Lipinski definition) is 3. The third kappa shape index (κ3) is 2.66. The van der Waals surface area contributed by atoms with E-state index >= 15 is 0 Å². The van der Waals surface area contributed by atoms with Gasteiger partial charge in [-0.15, -0.1) is 0 Å². The van der Waals surface area contributed by atoms with Crippen molar-refractivity contribution < 1.29 is 18.3 Å². The molecule has 25 heavy (non-hydrogen) atoms. The maximum absolute atomic E-state index is 13.9. The van der Waals surface area contributed by atoms with Crippen molar-refractivity contribution in [3.05, 3.63) is 77.5 Å². The van der Waals surface area contributed by atoms with Gasteiger partial charge in [0.15, 0.2) is 0 Å². The Kier molecular flexibility index (Phi) is 4.04. The summed E-state index contributed by atoms with van der Waals surface area (Å²) in [4.78, 5) is 0. The molecule has 0 saturated carbocycles. The van der Waals surface area contributed by atoms with Gasteiger partial charge in [0.1, 0.15) is 5.82 Å². The molecule has 1 unspecified atom stereocenters. The van der Waals surface area contributed by atoms with Crippen molar-refractivity contribution in [3.63, 3.8) is 0 Å². The standard InChI is InChI=1S/C18H16F3N3O/c1-12-15(16(22)24(23-12)14-10-6-3-7-11-14)17(25,18(19,20)21)13-8-4-2-5-9-13/h2-11,25H,22H2,1H3. The maximum atomic E-state index is 13.9. The van der Waals surface area contributed by atoms with Gasteiger partial charge in [-0.2, -0.15) is 18.3 Å². The molecule has 4 nitrogen and oxygen atoms in total. The molecule has 0 aliphatic carbocycles. The number of rotatable bonds is 3. The fourth-order valence-corrected chi connectivity index (χ4v) is 2.89. The number of alkyl halides is 3. The minimum atomic E-state index is -4.97. The lowest BCUT2D eigenvalue weighted by Gasteiger charge is -2.31. The van der Waals surface area contributed by atoms with Gasteiger partial charge in [-0.3, -0.25) is 0 Å². The number of aromatic nitrogens is 2. The van der Waals surface area contributed by atoms with Crippen LogP contribution in [0.5, 0.6) is 0 Å². The van der Waals surface area contributed by atoms with Gasteiger partial charge >= 0.3 is 6.18 Å². The zero-order valence-electron chi connectivity index (χ0n) is 13.3. The molecular weight excluding hydrogens is 331 g/mol. The zero-order valence-corrected chi connectivity index (χ0v) is 13.3. The van der Waals surface area contributed by atoms with E-state index < -0.39 is 17.3 Å².